The number of aromatic carboxylic acids is 1. The summed E-state index contributed by atoms with van der Waals surface area (Å²) in [7, 11) is 0. The van der Waals surface area contributed by atoms with Crippen molar-refractivity contribution >= 4 is 56.9 Å². The van der Waals surface area contributed by atoms with E-state index in [1.54, 1.807) is 18.2 Å². The lowest BCUT2D eigenvalue weighted by Crippen LogP contribution is -1.97. The van der Waals surface area contributed by atoms with Crippen molar-refractivity contribution in [3.05, 3.63) is 62.0 Å². The van der Waals surface area contributed by atoms with Crippen LogP contribution in [0.3, 0.4) is 0 Å². The molecule has 0 unspecified atom stereocenters. The molecule has 0 aromatic heterocycles. The molecule has 2 aromatic carbocycles. The fraction of sp³-hybridized carbons (Fsp3) is 0.0714. The zero-order valence-electron chi connectivity index (χ0n) is 10.1. The molecule has 0 saturated carbocycles. The lowest BCUT2D eigenvalue weighted by molar-refractivity contribution is 0.0697. The Balaban J connectivity index is 2.15. The minimum Gasteiger partial charge on any atom is -0.478 e. The molecule has 0 spiro atoms. The smallest absolute Gasteiger partial charge is 0.337 e. The summed E-state index contributed by atoms with van der Waals surface area (Å²) < 4.78 is 0.927. The van der Waals surface area contributed by atoms with E-state index in [0.29, 0.717) is 10.8 Å². The van der Waals surface area contributed by atoms with Gasteiger partial charge in [-0.1, -0.05) is 45.2 Å². The molecule has 0 aliphatic rings. The molecule has 2 aromatic rings. The van der Waals surface area contributed by atoms with Crippen molar-refractivity contribution in [3.63, 3.8) is 0 Å². The maximum Gasteiger partial charge on any atom is 0.337 e. The van der Waals surface area contributed by atoms with Crippen LogP contribution < -0.4 is 0 Å². The number of rotatable bonds is 4. The normalized spacial score (nSPS) is 10.6. The maximum absolute atomic E-state index is 11.0. The summed E-state index contributed by atoms with van der Waals surface area (Å²) in [4.78, 5) is 11.9. The molecule has 20 heavy (non-hydrogen) atoms. The van der Waals surface area contributed by atoms with Gasteiger partial charge in [0.25, 0.3) is 0 Å². The zero-order chi connectivity index (χ0) is 14.7. The van der Waals surface area contributed by atoms with Crippen molar-refractivity contribution in [1.82, 2.24) is 0 Å². The Bertz CT molecular complexity index is 662. The van der Waals surface area contributed by atoms with Crippen LogP contribution in [0.5, 0.6) is 0 Å². The quantitative estimate of drug-likeness (QED) is 0.674. The highest BCUT2D eigenvalue weighted by Crippen LogP contribution is 2.30. The molecule has 0 bridgehead atoms. The van der Waals surface area contributed by atoms with Crippen LogP contribution in [0.2, 0.25) is 10.0 Å². The molecule has 0 atom stereocenters. The van der Waals surface area contributed by atoms with E-state index in [-0.39, 0.29) is 10.6 Å². The number of carboxylic acids is 1. The van der Waals surface area contributed by atoms with Gasteiger partial charge in [0.1, 0.15) is 0 Å². The van der Waals surface area contributed by atoms with Crippen LogP contribution in [-0.2, 0) is 5.75 Å². The van der Waals surface area contributed by atoms with E-state index in [9.17, 15) is 4.79 Å². The predicted molar refractivity (Wildman–Crippen MR) is 87.1 cm³/mol. The second-order valence-electron chi connectivity index (χ2n) is 3.97. The first-order valence-electron chi connectivity index (χ1n) is 5.57. The van der Waals surface area contributed by atoms with Gasteiger partial charge in [-0.15, -0.1) is 11.8 Å². The summed E-state index contributed by atoms with van der Waals surface area (Å²) in [5.41, 5.74) is 1.10. The van der Waals surface area contributed by atoms with E-state index in [1.807, 2.05) is 18.2 Å². The molecule has 2 rings (SSSR count). The molecule has 0 radical (unpaired) electrons. The van der Waals surface area contributed by atoms with Gasteiger partial charge < -0.3 is 5.11 Å². The van der Waals surface area contributed by atoms with E-state index < -0.39 is 5.97 Å². The van der Waals surface area contributed by atoms with Crippen LogP contribution in [0.25, 0.3) is 0 Å². The van der Waals surface area contributed by atoms with E-state index in [2.05, 4.69) is 15.9 Å². The summed E-state index contributed by atoms with van der Waals surface area (Å²) in [5, 5.41) is 9.95. The molecule has 1 N–H and O–H groups in total. The molecule has 0 fully saturated rings. The first-order chi connectivity index (χ1) is 9.47. The Hall–Kier alpha value is -0.680. The summed E-state index contributed by atoms with van der Waals surface area (Å²) >= 11 is 16.8. The first-order valence-corrected chi connectivity index (χ1v) is 8.10. The van der Waals surface area contributed by atoms with E-state index in [0.717, 1.165) is 14.9 Å². The van der Waals surface area contributed by atoms with Crippen molar-refractivity contribution in [2.45, 2.75) is 10.6 Å². The Morgan fingerprint density at radius 1 is 1.15 bits per heavy atom. The summed E-state index contributed by atoms with van der Waals surface area (Å²) in [6, 6.07) is 10.7. The minimum atomic E-state index is -1.03. The fourth-order valence-corrected chi connectivity index (χ4v) is 3.52. The van der Waals surface area contributed by atoms with Gasteiger partial charge in [0.15, 0.2) is 0 Å². The van der Waals surface area contributed by atoms with E-state index in [1.165, 1.54) is 11.8 Å². The Morgan fingerprint density at radius 2 is 1.90 bits per heavy atom. The summed E-state index contributed by atoms with van der Waals surface area (Å²) in [6.45, 7) is 0. The van der Waals surface area contributed by atoms with Crippen LogP contribution in [-0.4, -0.2) is 11.1 Å². The standard InChI is InChI=1S/C14H9BrCl2O2S/c15-9-2-1-8(13(17)5-9)7-20-10-3-4-12(16)11(6-10)14(18)19/h1-6H,7H2,(H,18,19). The largest absolute Gasteiger partial charge is 0.478 e. The van der Waals surface area contributed by atoms with Gasteiger partial charge in [0, 0.05) is 20.1 Å². The fourth-order valence-electron chi connectivity index (χ4n) is 1.56. The van der Waals surface area contributed by atoms with Gasteiger partial charge in [-0.2, -0.15) is 0 Å². The number of thioether (sulfide) groups is 1. The molecule has 0 amide bonds. The second-order valence-corrected chi connectivity index (χ2v) is 6.75. The van der Waals surface area contributed by atoms with E-state index >= 15 is 0 Å². The Kier molecular flexibility index (Phi) is 5.38. The van der Waals surface area contributed by atoms with Gasteiger partial charge in [-0.3, -0.25) is 0 Å². The average Bonchev–Trinajstić information content (AvgIpc) is 2.39. The van der Waals surface area contributed by atoms with Gasteiger partial charge in [0.05, 0.1) is 10.6 Å². The lowest BCUT2D eigenvalue weighted by atomic mass is 10.2. The maximum atomic E-state index is 11.0. The van der Waals surface area contributed by atoms with Crippen LogP contribution in [0.4, 0.5) is 0 Å². The topological polar surface area (TPSA) is 37.3 Å². The predicted octanol–water partition coefficient (Wildman–Crippen LogP) is 5.75. The average molecular weight is 392 g/mol. The highest BCUT2D eigenvalue weighted by Gasteiger charge is 2.10. The summed E-state index contributed by atoms with van der Waals surface area (Å²) in [6.07, 6.45) is 0. The Morgan fingerprint density at radius 3 is 2.55 bits per heavy atom. The number of hydrogen-bond acceptors (Lipinski definition) is 2. The first kappa shape index (κ1) is 15.7. The molecule has 0 saturated heterocycles. The lowest BCUT2D eigenvalue weighted by Gasteiger charge is -2.06. The van der Waals surface area contributed by atoms with Crippen molar-refractivity contribution in [2.24, 2.45) is 0 Å². The molecular formula is C14H9BrCl2O2S. The number of halogens is 3. The van der Waals surface area contributed by atoms with E-state index in [4.69, 9.17) is 28.3 Å². The molecule has 0 aliphatic heterocycles. The summed E-state index contributed by atoms with van der Waals surface area (Å²) in [5.74, 6) is -0.369. The van der Waals surface area contributed by atoms with Crippen molar-refractivity contribution < 1.29 is 9.90 Å². The molecular weight excluding hydrogens is 383 g/mol. The van der Waals surface area contributed by atoms with Gasteiger partial charge in [0.2, 0.25) is 0 Å². The highest BCUT2D eigenvalue weighted by molar-refractivity contribution is 9.10. The number of benzene rings is 2. The third kappa shape index (κ3) is 3.92. The van der Waals surface area contributed by atoms with Gasteiger partial charge in [-0.25, -0.2) is 4.79 Å². The van der Waals surface area contributed by atoms with Crippen LogP contribution >= 0.6 is 50.9 Å². The zero-order valence-corrected chi connectivity index (χ0v) is 14.0. The third-order valence-electron chi connectivity index (χ3n) is 2.58. The van der Waals surface area contributed by atoms with Crippen LogP contribution in [0, 0.1) is 0 Å². The van der Waals surface area contributed by atoms with Gasteiger partial charge in [-0.05, 0) is 35.9 Å². The number of hydrogen-bond donors (Lipinski definition) is 1. The molecule has 0 aliphatic carbocycles. The minimum absolute atomic E-state index is 0.110. The third-order valence-corrected chi connectivity index (χ3v) is 4.79. The van der Waals surface area contributed by atoms with Crippen LogP contribution in [0.1, 0.15) is 15.9 Å². The van der Waals surface area contributed by atoms with Crippen molar-refractivity contribution in [3.8, 4) is 0 Å². The molecule has 0 heterocycles. The van der Waals surface area contributed by atoms with Crippen LogP contribution in [0.15, 0.2) is 45.8 Å². The number of carbonyl (C=O) groups is 1. The molecule has 6 heteroatoms. The number of carboxylic acid groups (broad SMARTS) is 1. The molecule has 104 valence electrons. The second kappa shape index (κ2) is 6.85. The monoisotopic (exact) mass is 390 g/mol. The van der Waals surface area contributed by atoms with Gasteiger partial charge >= 0.3 is 5.97 Å². The van der Waals surface area contributed by atoms with Crippen molar-refractivity contribution in [1.29, 1.82) is 0 Å². The Labute approximate surface area is 139 Å². The highest BCUT2D eigenvalue weighted by atomic mass is 79.9. The molecule has 2 nitrogen and oxygen atoms in total. The SMILES string of the molecule is O=C(O)c1cc(SCc2ccc(Br)cc2Cl)ccc1Cl. The van der Waals surface area contributed by atoms with Crippen molar-refractivity contribution in [2.75, 3.05) is 0 Å².